The molecule has 0 unspecified atom stereocenters. The number of carbonyl (C=O) groups is 2. The van der Waals surface area contributed by atoms with Gasteiger partial charge in [-0.3, -0.25) is 14.9 Å². The quantitative estimate of drug-likeness (QED) is 0.721. The molecule has 1 aromatic heterocycles. The number of amides is 2. The molecular weight excluding hydrogens is 246 g/mol. The Morgan fingerprint density at radius 2 is 1.89 bits per heavy atom. The maximum atomic E-state index is 13.6. The van der Waals surface area contributed by atoms with Crippen LogP contribution >= 0.6 is 0 Å². The molecule has 0 saturated carbocycles. The highest BCUT2D eigenvalue weighted by atomic mass is 19.1. The number of halogens is 2. The Morgan fingerprint density at radius 1 is 1.28 bits per heavy atom. The van der Waals surface area contributed by atoms with Crippen LogP contribution in [0, 0.1) is 11.6 Å². The summed E-state index contributed by atoms with van der Waals surface area (Å²) in [6, 6.07) is 0.658. The molecule has 1 fully saturated rings. The summed E-state index contributed by atoms with van der Waals surface area (Å²) < 4.78 is 26.8. The fraction of sp³-hybridized carbons (Fsp3) is 0.300. The molecule has 0 bridgehead atoms. The van der Waals surface area contributed by atoms with Gasteiger partial charge in [0.05, 0.1) is 13.1 Å². The molecule has 1 aliphatic rings. The zero-order valence-corrected chi connectivity index (χ0v) is 9.46. The predicted molar refractivity (Wildman–Crippen MR) is 59.1 cm³/mol. The second-order valence-corrected chi connectivity index (χ2v) is 3.70. The average molecular weight is 256 g/mol. The van der Waals surface area contributed by atoms with Gasteiger partial charge in [0, 0.05) is 13.1 Å². The van der Waals surface area contributed by atoms with E-state index in [0.717, 1.165) is 4.90 Å². The molecule has 0 atom stereocenters. The van der Waals surface area contributed by atoms with Gasteiger partial charge < -0.3 is 10.2 Å². The molecule has 2 heterocycles. The van der Waals surface area contributed by atoms with Crippen LogP contribution in [0.3, 0.4) is 0 Å². The van der Waals surface area contributed by atoms with E-state index in [0.29, 0.717) is 6.07 Å². The van der Waals surface area contributed by atoms with Crippen molar-refractivity contribution in [3.8, 4) is 0 Å². The van der Waals surface area contributed by atoms with Gasteiger partial charge in [-0.15, -0.1) is 0 Å². The maximum absolute atomic E-state index is 13.6. The summed E-state index contributed by atoms with van der Waals surface area (Å²) in [5.41, 5.74) is 0. The summed E-state index contributed by atoms with van der Waals surface area (Å²) in [5.74, 6) is -3.25. The molecule has 1 aliphatic heterocycles. The molecule has 0 radical (unpaired) electrons. The topological polar surface area (TPSA) is 74.3 Å². The summed E-state index contributed by atoms with van der Waals surface area (Å²) in [7, 11) is 1.43. The van der Waals surface area contributed by atoms with E-state index in [9.17, 15) is 18.4 Å². The van der Waals surface area contributed by atoms with Gasteiger partial charge in [0.1, 0.15) is 0 Å². The van der Waals surface area contributed by atoms with Crippen LogP contribution in [0.5, 0.6) is 0 Å². The van der Waals surface area contributed by atoms with E-state index in [2.05, 4.69) is 15.6 Å². The van der Waals surface area contributed by atoms with E-state index in [4.69, 9.17) is 0 Å². The molecule has 96 valence electrons. The van der Waals surface area contributed by atoms with Gasteiger partial charge >= 0.3 is 0 Å². The lowest BCUT2D eigenvalue weighted by Gasteiger charge is -2.26. The molecule has 18 heavy (non-hydrogen) atoms. The van der Waals surface area contributed by atoms with Gasteiger partial charge in [0.2, 0.25) is 11.8 Å². The van der Waals surface area contributed by atoms with Crippen molar-refractivity contribution < 1.29 is 18.4 Å². The number of hydrogen-bond acceptors (Lipinski definition) is 5. The number of piperazine rings is 1. The molecule has 2 rings (SSSR count). The number of nitrogens with zero attached hydrogens (tertiary/aromatic N) is 2. The molecule has 1 saturated heterocycles. The Kier molecular flexibility index (Phi) is 3.09. The Morgan fingerprint density at radius 3 is 2.44 bits per heavy atom. The van der Waals surface area contributed by atoms with Crippen molar-refractivity contribution in [1.29, 1.82) is 0 Å². The van der Waals surface area contributed by atoms with Gasteiger partial charge in [0.25, 0.3) is 0 Å². The molecule has 8 heteroatoms. The summed E-state index contributed by atoms with van der Waals surface area (Å²) in [5, 5.41) is 4.54. The highest BCUT2D eigenvalue weighted by molar-refractivity contribution is 6.02. The van der Waals surface area contributed by atoms with Crippen molar-refractivity contribution in [2.45, 2.75) is 0 Å². The van der Waals surface area contributed by atoms with E-state index in [1.54, 1.807) is 0 Å². The highest BCUT2D eigenvalue weighted by Gasteiger charge is 2.26. The van der Waals surface area contributed by atoms with Gasteiger partial charge in [-0.1, -0.05) is 0 Å². The minimum Gasteiger partial charge on any atom is -0.371 e. The minimum absolute atomic E-state index is 0.148. The Labute approximate surface area is 101 Å². The Bertz CT molecular complexity index is 505. The van der Waals surface area contributed by atoms with Crippen molar-refractivity contribution in [2.24, 2.45) is 0 Å². The van der Waals surface area contributed by atoms with Gasteiger partial charge in [0.15, 0.2) is 23.3 Å². The molecule has 1 aromatic rings. The standard InChI is InChI=1S/C10H10F2N4O2/c1-13-9-5(11)2-6(12)10(15-9)16-3-7(17)14-8(18)4-16/h2H,3-4H2,1H3,(H,13,15)(H,14,17,18). The lowest BCUT2D eigenvalue weighted by atomic mass is 10.3. The monoisotopic (exact) mass is 256 g/mol. The third-order valence-electron chi connectivity index (χ3n) is 2.40. The third-order valence-corrected chi connectivity index (χ3v) is 2.40. The zero-order valence-electron chi connectivity index (χ0n) is 9.46. The van der Waals surface area contributed by atoms with Crippen LogP contribution < -0.4 is 15.5 Å². The number of hydrogen-bond donors (Lipinski definition) is 2. The van der Waals surface area contributed by atoms with Crippen LogP contribution in [0.1, 0.15) is 0 Å². The average Bonchev–Trinajstić information content (AvgIpc) is 2.27. The van der Waals surface area contributed by atoms with E-state index in [1.807, 2.05) is 0 Å². The van der Waals surface area contributed by atoms with Crippen molar-refractivity contribution in [3.05, 3.63) is 17.7 Å². The Hall–Kier alpha value is -2.25. The normalized spacial score (nSPS) is 15.6. The second kappa shape index (κ2) is 4.55. The van der Waals surface area contributed by atoms with Crippen LogP contribution in [0.15, 0.2) is 6.07 Å². The molecule has 0 aliphatic carbocycles. The lowest BCUT2D eigenvalue weighted by molar-refractivity contribution is -0.130. The summed E-state index contributed by atoms with van der Waals surface area (Å²) >= 11 is 0. The van der Waals surface area contributed by atoms with E-state index < -0.39 is 23.4 Å². The highest BCUT2D eigenvalue weighted by Crippen LogP contribution is 2.22. The van der Waals surface area contributed by atoms with Gasteiger partial charge in [-0.25, -0.2) is 13.8 Å². The molecule has 0 spiro atoms. The first-order valence-corrected chi connectivity index (χ1v) is 5.12. The SMILES string of the molecule is CNc1nc(N2CC(=O)NC(=O)C2)c(F)cc1F. The summed E-state index contributed by atoms with van der Waals surface area (Å²) in [4.78, 5) is 27.2. The van der Waals surface area contributed by atoms with E-state index in [1.165, 1.54) is 7.05 Å². The third kappa shape index (κ3) is 2.22. The second-order valence-electron chi connectivity index (χ2n) is 3.70. The van der Waals surface area contributed by atoms with Crippen LogP contribution in [0.4, 0.5) is 20.4 Å². The zero-order chi connectivity index (χ0) is 13.3. The smallest absolute Gasteiger partial charge is 0.246 e. The van der Waals surface area contributed by atoms with Crippen molar-refractivity contribution in [1.82, 2.24) is 10.3 Å². The van der Waals surface area contributed by atoms with E-state index >= 15 is 0 Å². The fourth-order valence-corrected chi connectivity index (χ4v) is 1.64. The Balaban J connectivity index is 2.38. The van der Waals surface area contributed by atoms with E-state index in [-0.39, 0.29) is 24.7 Å². The van der Waals surface area contributed by atoms with Crippen LogP contribution in [-0.4, -0.2) is 36.9 Å². The number of carbonyl (C=O) groups excluding carboxylic acids is 2. The summed E-state index contributed by atoms with van der Waals surface area (Å²) in [6.45, 7) is -0.408. The van der Waals surface area contributed by atoms with Crippen molar-refractivity contribution >= 4 is 23.5 Å². The number of rotatable bonds is 2. The largest absolute Gasteiger partial charge is 0.371 e. The first kappa shape index (κ1) is 12.2. The number of imide groups is 1. The number of anilines is 2. The fourth-order valence-electron chi connectivity index (χ4n) is 1.64. The maximum Gasteiger partial charge on any atom is 0.246 e. The molecule has 2 amide bonds. The van der Waals surface area contributed by atoms with Crippen LogP contribution in [0.2, 0.25) is 0 Å². The molecule has 6 nitrogen and oxygen atoms in total. The van der Waals surface area contributed by atoms with Crippen LogP contribution in [-0.2, 0) is 9.59 Å². The van der Waals surface area contributed by atoms with Crippen molar-refractivity contribution in [2.75, 3.05) is 30.4 Å². The van der Waals surface area contributed by atoms with Crippen LogP contribution in [0.25, 0.3) is 0 Å². The lowest BCUT2D eigenvalue weighted by Crippen LogP contribution is -2.52. The molecular formula is C10H10F2N4O2. The predicted octanol–water partition coefficient (Wildman–Crippen LogP) is -0.136. The van der Waals surface area contributed by atoms with Gasteiger partial charge in [-0.2, -0.15) is 0 Å². The molecule has 0 aromatic carbocycles. The van der Waals surface area contributed by atoms with Gasteiger partial charge in [-0.05, 0) is 0 Å². The van der Waals surface area contributed by atoms with Crippen molar-refractivity contribution in [3.63, 3.8) is 0 Å². The number of pyridine rings is 1. The first-order valence-electron chi connectivity index (χ1n) is 5.12. The minimum atomic E-state index is -0.922. The first-order chi connectivity index (χ1) is 8.51. The number of aromatic nitrogens is 1. The summed E-state index contributed by atoms with van der Waals surface area (Å²) in [6.07, 6.45) is 0. The molecule has 2 N–H and O–H groups in total. The number of nitrogens with one attached hydrogen (secondary N) is 2.